The van der Waals surface area contributed by atoms with Crippen LogP contribution < -0.4 is 5.73 Å². The molecule has 2 atom stereocenters. The normalized spacial score (nSPS) is 24.5. The number of rotatable bonds is 5. The number of ether oxygens (including phenoxy) is 2. The molecular weight excluding hydrogens is 186 g/mol. The second kappa shape index (κ2) is 5.52. The minimum atomic E-state index is 0.137. The van der Waals surface area contributed by atoms with E-state index >= 15 is 0 Å². The fourth-order valence-electron chi connectivity index (χ4n) is 1.36. The fraction of sp³-hybridized carbons (Fsp3) is 0.889. The smallest absolute Gasteiger partial charge is 0.0753 e. The zero-order chi connectivity index (χ0) is 9.68. The average Bonchev–Trinajstić information content (AvgIpc) is 2.51. The Bertz CT molecular complexity index is 169. The van der Waals surface area contributed by atoms with Crippen molar-refractivity contribution in [2.75, 3.05) is 19.8 Å². The fourth-order valence-corrected chi connectivity index (χ4v) is 1.59. The van der Waals surface area contributed by atoms with E-state index in [1.54, 1.807) is 0 Å². The number of thiocarbonyl (C=S) groups is 1. The van der Waals surface area contributed by atoms with Gasteiger partial charge < -0.3 is 15.2 Å². The molecule has 1 saturated heterocycles. The van der Waals surface area contributed by atoms with Gasteiger partial charge in [-0.2, -0.15) is 0 Å². The van der Waals surface area contributed by atoms with Crippen molar-refractivity contribution < 1.29 is 9.47 Å². The lowest BCUT2D eigenvalue weighted by molar-refractivity contribution is 0.0409. The van der Waals surface area contributed by atoms with Gasteiger partial charge in [0.15, 0.2) is 0 Å². The zero-order valence-corrected chi connectivity index (χ0v) is 8.81. The summed E-state index contributed by atoms with van der Waals surface area (Å²) in [5.41, 5.74) is 5.40. The first-order valence-electron chi connectivity index (χ1n) is 4.66. The van der Waals surface area contributed by atoms with Gasteiger partial charge in [-0.25, -0.2) is 0 Å². The van der Waals surface area contributed by atoms with Gasteiger partial charge in [0.2, 0.25) is 0 Å². The van der Waals surface area contributed by atoms with Crippen LogP contribution in [0.4, 0.5) is 0 Å². The Balaban J connectivity index is 2.06. The Labute approximate surface area is 84.6 Å². The molecule has 2 unspecified atom stereocenters. The zero-order valence-electron chi connectivity index (χ0n) is 7.99. The Hall–Kier alpha value is -0.190. The van der Waals surface area contributed by atoms with Crippen LogP contribution in [0.25, 0.3) is 0 Å². The van der Waals surface area contributed by atoms with Crippen LogP contribution in [0.5, 0.6) is 0 Å². The van der Waals surface area contributed by atoms with Crippen LogP contribution in [0.1, 0.15) is 19.8 Å². The van der Waals surface area contributed by atoms with Crippen molar-refractivity contribution in [1.82, 2.24) is 0 Å². The second-order valence-corrected chi connectivity index (χ2v) is 4.07. The third kappa shape index (κ3) is 4.55. The molecule has 1 heterocycles. The van der Waals surface area contributed by atoms with Gasteiger partial charge in [-0.1, -0.05) is 12.2 Å². The van der Waals surface area contributed by atoms with Crippen molar-refractivity contribution in [3.8, 4) is 0 Å². The van der Waals surface area contributed by atoms with E-state index in [0.717, 1.165) is 26.2 Å². The number of nitrogens with two attached hydrogens (primary N) is 1. The van der Waals surface area contributed by atoms with Gasteiger partial charge in [0.05, 0.1) is 24.3 Å². The first-order chi connectivity index (χ1) is 6.18. The molecule has 0 amide bonds. The molecule has 2 N–H and O–H groups in total. The summed E-state index contributed by atoms with van der Waals surface area (Å²) in [5.74, 6) is 0.564. The van der Waals surface area contributed by atoms with Crippen LogP contribution >= 0.6 is 12.2 Å². The lowest BCUT2D eigenvalue weighted by atomic mass is 10.1. The van der Waals surface area contributed by atoms with E-state index < -0.39 is 0 Å². The van der Waals surface area contributed by atoms with Gasteiger partial charge in [-0.05, 0) is 13.3 Å². The molecule has 0 aromatic rings. The number of hydrogen-bond donors (Lipinski definition) is 1. The largest absolute Gasteiger partial charge is 0.393 e. The van der Waals surface area contributed by atoms with Crippen LogP contribution in [0, 0.1) is 5.92 Å². The van der Waals surface area contributed by atoms with Crippen LogP contribution in [0.3, 0.4) is 0 Å². The van der Waals surface area contributed by atoms with E-state index in [1.165, 1.54) is 0 Å². The molecule has 4 heteroatoms. The van der Waals surface area contributed by atoms with Crippen LogP contribution in [-0.2, 0) is 9.47 Å². The minimum absolute atomic E-state index is 0.137. The molecule has 76 valence electrons. The molecule has 1 aliphatic heterocycles. The summed E-state index contributed by atoms with van der Waals surface area (Å²) in [7, 11) is 0. The summed E-state index contributed by atoms with van der Waals surface area (Å²) in [6.07, 6.45) is 1.92. The molecule has 0 aliphatic carbocycles. The highest BCUT2D eigenvalue weighted by Gasteiger charge is 2.16. The van der Waals surface area contributed by atoms with Gasteiger partial charge in [0, 0.05) is 18.9 Å². The summed E-state index contributed by atoms with van der Waals surface area (Å²) in [6, 6.07) is 0. The molecule has 0 aromatic heterocycles. The van der Waals surface area contributed by atoms with Crippen molar-refractivity contribution in [2.24, 2.45) is 11.7 Å². The van der Waals surface area contributed by atoms with Crippen molar-refractivity contribution in [2.45, 2.75) is 25.9 Å². The maximum absolute atomic E-state index is 5.59. The summed E-state index contributed by atoms with van der Waals surface area (Å²) in [4.78, 5) is 0.523. The molecule has 13 heavy (non-hydrogen) atoms. The Morgan fingerprint density at radius 2 is 2.54 bits per heavy atom. The SMILES string of the molecule is CC(CC(N)=S)OCC1CCOC1. The lowest BCUT2D eigenvalue weighted by Crippen LogP contribution is -2.21. The Morgan fingerprint density at radius 3 is 3.08 bits per heavy atom. The highest BCUT2D eigenvalue weighted by atomic mass is 32.1. The molecule has 0 spiro atoms. The summed E-state index contributed by atoms with van der Waals surface area (Å²) < 4.78 is 10.8. The standard InChI is InChI=1S/C9H17NO2S/c1-7(4-9(10)13)12-6-8-2-3-11-5-8/h7-8H,2-6H2,1H3,(H2,10,13). The van der Waals surface area contributed by atoms with Crippen LogP contribution in [-0.4, -0.2) is 30.9 Å². The molecule has 1 rings (SSSR count). The van der Waals surface area contributed by atoms with Crippen LogP contribution in [0.15, 0.2) is 0 Å². The van der Waals surface area contributed by atoms with E-state index in [1.807, 2.05) is 6.92 Å². The van der Waals surface area contributed by atoms with E-state index in [9.17, 15) is 0 Å². The van der Waals surface area contributed by atoms with Gasteiger partial charge in [-0.15, -0.1) is 0 Å². The van der Waals surface area contributed by atoms with Crippen LogP contribution in [0.2, 0.25) is 0 Å². The molecule has 0 aromatic carbocycles. The minimum Gasteiger partial charge on any atom is -0.393 e. The average molecular weight is 203 g/mol. The predicted octanol–water partition coefficient (Wildman–Crippen LogP) is 1.10. The first-order valence-corrected chi connectivity index (χ1v) is 5.07. The monoisotopic (exact) mass is 203 g/mol. The summed E-state index contributed by atoms with van der Waals surface area (Å²) in [6.45, 7) is 4.47. The molecule has 0 radical (unpaired) electrons. The van der Waals surface area contributed by atoms with Crippen molar-refractivity contribution >= 4 is 17.2 Å². The summed E-state index contributed by atoms with van der Waals surface area (Å²) in [5, 5.41) is 0. The maximum atomic E-state index is 5.59. The van der Waals surface area contributed by atoms with E-state index in [2.05, 4.69) is 0 Å². The molecule has 1 fully saturated rings. The molecule has 0 saturated carbocycles. The highest BCUT2D eigenvalue weighted by molar-refractivity contribution is 7.80. The first kappa shape index (κ1) is 10.9. The van der Waals surface area contributed by atoms with E-state index in [4.69, 9.17) is 27.4 Å². The van der Waals surface area contributed by atoms with Crippen molar-refractivity contribution in [3.63, 3.8) is 0 Å². The van der Waals surface area contributed by atoms with Gasteiger partial charge in [0.25, 0.3) is 0 Å². The Kier molecular flexibility index (Phi) is 4.62. The Morgan fingerprint density at radius 1 is 1.77 bits per heavy atom. The van der Waals surface area contributed by atoms with Gasteiger partial charge >= 0.3 is 0 Å². The topological polar surface area (TPSA) is 44.5 Å². The third-order valence-electron chi connectivity index (χ3n) is 2.13. The van der Waals surface area contributed by atoms with Crippen molar-refractivity contribution in [3.05, 3.63) is 0 Å². The summed E-state index contributed by atoms with van der Waals surface area (Å²) >= 11 is 4.79. The predicted molar refractivity (Wildman–Crippen MR) is 55.7 cm³/mol. The molecular formula is C9H17NO2S. The third-order valence-corrected chi connectivity index (χ3v) is 2.30. The number of hydrogen-bond acceptors (Lipinski definition) is 3. The lowest BCUT2D eigenvalue weighted by Gasteiger charge is -2.14. The quantitative estimate of drug-likeness (QED) is 0.680. The van der Waals surface area contributed by atoms with Gasteiger partial charge in [0.1, 0.15) is 0 Å². The molecule has 1 aliphatic rings. The second-order valence-electron chi connectivity index (χ2n) is 3.54. The highest BCUT2D eigenvalue weighted by Crippen LogP contribution is 2.13. The van der Waals surface area contributed by atoms with E-state index in [0.29, 0.717) is 17.3 Å². The maximum Gasteiger partial charge on any atom is 0.0753 e. The molecule has 0 bridgehead atoms. The molecule has 3 nitrogen and oxygen atoms in total. The van der Waals surface area contributed by atoms with Gasteiger partial charge in [-0.3, -0.25) is 0 Å². The van der Waals surface area contributed by atoms with Crippen molar-refractivity contribution in [1.29, 1.82) is 0 Å². The van der Waals surface area contributed by atoms with E-state index in [-0.39, 0.29) is 6.10 Å².